The average molecular weight is 422 g/mol. The highest BCUT2D eigenvalue weighted by molar-refractivity contribution is 7.13. The molecule has 1 amide bonds. The molecule has 3 heterocycles. The Morgan fingerprint density at radius 1 is 1.07 bits per heavy atom. The van der Waals surface area contributed by atoms with Crippen molar-refractivity contribution in [2.45, 2.75) is 27.2 Å². The molecule has 0 saturated carbocycles. The Morgan fingerprint density at radius 3 is 2.60 bits per heavy atom. The van der Waals surface area contributed by atoms with Gasteiger partial charge in [-0.3, -0.25) is 4.79 Å². The van der Waals surface area contributed by atoms with Gasteiger partial charge < -0.3 is 15.1 Å². The van der Waals surface area contributed by atoms with E-state index in [4.69, 9.17) is 0 Å². The molecule has 30 heavy (non-hydrogen) atoms. The van der Waals surface area contributed by atoms with Gasteiger partial charge in [0.25, 0.3) is 0 Å². The smallest absolute Gasteiger partial charge is 0.228 e. The van der Waals surface area contributed by atoms with Crippen molar-refractivity contribution in [3.63, 3.8) is 0 Å². The SMILES string of the molecule is Cc1ccnc(Nc2nc(CC(=O)N3CCN(c4cc(C)ccc4C)CC3)cs2)c1. The van der Waals surface area contributed by atoms with Gasteiger partial charge >= 0.3 is 0 Å². The minimum Gasteiger partial charge on any atom is -0.368 e. The molecule has 156 valence electrons. The van der Waals surface area contributed by atoms with Gasteiger partial charge in [-0.2, -0.15) is 0 Å². The fourth-order valence-corrected chi connectivity index (χ4v) is 4.40. The maximum Gasteiger partial charge on any atom is 0.228 e. The molecule has 3 aromatic rings. The van der Waals surface area contributed by atoms with Crippen LogP contribution in [0.1, 0.15) is 22.4 Å². The standard InChI is InChI=1S/C23H27N5OS/c1-16-4-5-18(3)20(12-16)27-8-10-28(11-9-27)22(29)14-19-15-30-23(25-19)26-21-13-17(2)6-7-24-21/h4-7,12-13,15H,8-11,14H2,1-3H3,(H,24,25,26). The van der Waals surface area contributed by atoms with E-state index in [1.165, 1.54) is 28.2 Å². The quantitative estimate of drug-likeness (QED) is 0.672. The first-order chi connectivity index (χ1) is 14.5. The summed E-state index contributed by atoms with van der Waals surface area (Å²) >= 11 is 1.50. The summed E-state index contributed by atoms with van der Waals surface area (Å²) in [6, 6.07) is 10.5. The number of pyridine rings is 1. The number of hydrogen-bond acceptors (Lipinski definition) is 6. The molecule has 1 N–H and O–H groups in total. The van der Waals surface area contributed by atoms with Gasteiger partial charge in [-0.05, 0) is 55.7 Å². The Morgan fingerprint density at radius 2 is 1.83 bits per heavy atom. The first-order valence-corrected chi connectivity index (χ1v) is 11.1. The number of carbonyl (C=O) groups excluding carboxylic acids is 1. The van der Waals surface area contributed by atoms with Crippen molar-refractivity contribution >= 4 is 33.9 Å². The molecule has 1 aliphatic rings. The summed E-state index contributed by atoms with van der Waals surface area (Å²) in [4.78, 5) is 26.0. The summed E-state index contributed by atoms with van der Waals surface area (Å²) in [5.41, 5.74) is 5.77. The topological polar surface area (TPSA) is 61.4 Å². The number of aryl methyl sites for hydroxylation is 3. The molecular weight excluding hydrogens is 394 g/mol. The van der Waals surface area contributed by atoms with Gasteiger partial charge in [0, 0.05) is 43.4 Å². The van der Waals surface area contributed by atoms with Crippen LogP contribution >= 0.6 is 11.3 Å². The van der Waals surface area contributed by atoms with Gasteiger partial charge in [-0.1, -0.05) is 12.1 Å². The molecule has 2 aromatic heterocycles. The third kappa shape index (κ3) is 4.79. The number of carbonyl (C=O) groups is 1. The van der Waals surface area contributed by atoms with E-state index in [0.717, 1.165) is 48.4 Å². The maximum atomic E-state index is 12.8. The molecule has 1 aliphatic heterocycles. The number of amides is 1. The number of hydrogen-bond donors (Lipinski definition) is 1. The fraction of sp³-hybridized carbons (Fsp3) is 0.348. The highest BCUT2D eigenvalue weighted by atomic mass is 32.1. The highest BCUT2D eigenvalue weighted by Gasteiger charge is 2.23. The predicted molar refractivity (Wildman–Crippen MR) is 123 cm³/mol. The van der Waals surface area contributed by atoms with E-state index in [1.54, 1.807) is 6.20 Å². The monoisotopic (exact) mass is 421 g/mol. The molecule has 0 spiro atoms. The predicted octanol–water partition coefficient (Wildman–Crippen LogP) is 4.10. The minimum absolute atomic E-state index is 0.140. The van der Waals surface area contributed by atoms with Gasteiger partial charge in [0.1, 0.15) is 5.82 Å². The van der Waals surface area contributed by atoms with E-state index in [2.05, 4.69) is 52.2 Å². The minimum atomic E-state index is 0.140. The van der Waals surface area contributed by atoms with E-state index >= 15 is 0 Å². The molecule has 0 bridgehead atoms. The Hall–Kier alpha value is -2.93. The van der Waals surface area contributed by atoms with Crippen LogP contribution in [0.4, 0.5) is 16.6 Å². The Balaban J connectivity index is 1.32. The van der Waals surface area contributed by atoms with E-state index < -0.39 is 0 Å². The lowest BCUT2D eigenvalue weighted by molar-refractivity contribution is -0.130. The Labute approximate surface area is 181 Å². The summed E-state index contributed by atoms with van der Waals surface area (Å²) in [5, 5.41) is 5.92. The van der Waals surface area contributed by atoms with E-state index in [-0.39, 0.29) is 5.91 Å². The average Bonchev–Trinajstić information content (AvgIpc) is 3.16. The van der Waals surface area contributed by atoms with Gasteiger partial charge in [-0.15, -0.1) is 11.3 Å². The molecule has 0 atom stereocenters. The van der Waals surface area contributed by atoms with Crippen LogP contribution in [0.2, 0.25) is 0 Å². The third-order valence-corrected chi connectivity index (χ3v) is 6.18. The molecule has 1 saturated heterocycles. The number of benzene rings is 1. The van der Waals surface area contributed by atoms with Crippen molar-refractivity contribution in [1.82, 2.24) is 14.9 Å². The lowest BCUT2D eigenvalue weighted by atomic mass is 10.1. The number of nitrogens with zero attached hydrogens (tertiary/aromatic N) is 4. The lowest BCUT2D eigenvalue weighted by Crippen LogP contribution is -2.49. The van der Waals surface area contributed by atoms with Crippen molar-refractivity contribution < 1.29 is 4.79 Å². The Kier molecular flexibility index (Phi) is 5.99. The summed E-state index contributed by atoms with van der Waals surface area (Å²) in [6.07, 6.45) is 2.11. The fourth-order valence-electron chi connectivity index (χ4n) is 3.68. The summed E-state index contributed by atoms with van der Waals surface area (Å²) in [7, 11) is 0. The number of rotatable bonds is 5. The maximum absolute atomic E-state index is 12.8. The molecule has 0 radical (unpaired) electrons. The van der Waals surface area contributed by atoms with Crippen LogP contribution in [-0.2, 0) is 11.2 Å². The molecule has 7 heteroatoms. The van der Waals surface area contributed by atoms with Crippen LogP contribution in [0.15, 0.2) is 41.9 Å². The number of piperazine rings is 1. The van der Waals surface area contributed by atoms with Crippen molar-refractivity contribution in [2.75, 3.05) is 36.4 Å². The third-order valence-electron chi connectivity index (χ3n) is 5.37. The number of nitrogens with one attached hydrogen (secondary N) is 1. The van der Waals surface area contributed by atoms with Crippen molar-refractivity contribution in [2.24, 2.45) is 0 Å². The lowest BCUT2D eigenvalue weighted by Gasteiger charge is -2.37. The number of anilines is 3. The van der Waals surface area contributed by atoms with Crippen LogP contribution in [0, 0.1) is 20.8 Å². The Bertz CT molecular complexity index is 1040. The normalized spacial score (nSPS) is 14.1. The first kappa shape index (κ1) is 20.3. The molecule has 1 aromatic carbocycles. The zero-order valence-electron chi connectivity index (χ0n) is 17.7. The van der Waals surface area contributed by atoms with Crippen molar-refractivity contribution in [3.8, 4) is 0 Å². The summed E-state index contributed by atoms with van der Waals surface area (Å²) in [5.74, 6) is 0.908. The second-order valence-electron chi connectivity index (χ2n) is 7.82. The van der Waals surface area contributed by atoms with Crippen molar-refractivity contribution in [1.29, 1.82) is 0 Å². The highest BCUT2D eigenvalue weighted by Crippen LogP contribution is 2.24. The first-order valence-electron chi connectivity index (χ1n) is 10.2. The van der Waals surface area contributed by atoms with Crippen LogP contribution in [-0.4, -0.2) is 47.0 Å². The van der Waals surface area contributed by atoms with Gasteiger partial charge in [0.15, 0.2) is 5.13 Å². The zero-order valence-corrected chi connectivity index (χ0v) is 18.5. The van der Waals surface area contributed by atoms with Crippen LogP contribution in [0.3, 0.4) is 0 Å². The van der Waals surface area contributed by atoms with Gasteiger partial charge in [0.2, 0.25) is 5.91 Å². The van der Waals surface area contributed by atoms with Crippen LogP contribution in [0.5, 0.6) is 0 Å². The molecule has 0 unspecified atom stereocenters. The molecular formula is C23H27N5OS. The molecule has 0 aliphatic carbocycles. The second-order valence-corrected chi connectivity index (χ2v) is 8.68. The van der Waals surface area contributed by atoms with Crippen molar-refractivity contribution in [3.05, 3.63) is 64.3 Å². The van der Waals surface area contributed by atoms with Crippen LogP contribution < -0.4 is 10.2 Å². The van der Waals surface area contributed by atoms with E-state index in [0.29, 0.717) is 6.42 Å². The summed E-state index contributed by atoms with van der Waals surface area (Å²) < 4.78 is 0. The van der Waals surface area contributed by atoms with Gasteiger partial charge in [0.05, 0.1) is 12.1 Å². The van der Waals surface area contributed by atoms with Gasteiger partial charge in [-0.25, -0.2) is 9.97 Å². The van der Waals surface area contributed by atoms with Crippen LogP contribution in [0.25, 0.3) is 0 Å². The zero-order chi connectivity index (χ0) is 21.1. The van der Waals surface area contributed by atoms with E-state index in [9.17, 15) is 4.79 Å². The number of aromatic nitrogens is 2. The molecule has 1 fully saturated rings. The molecule has 6 nitrogen and oxygen atoms in total. The number of thiazole rings is 1. The second kappa shape index (κ2) is 8.83. The summed E-state index contributed by atoms with van der Waals surface area (Å²) in [6.45, 7) is 9.50. The van der Waals surface area contributed by atoms with E-state index in [1.807, 2.05) is 29.3 Å². The molecule has 4 rings (SSSR count). The largest absolute Gasteiger partial charge is 0.368 e.